The second-order valence-electron chi connectivity index (χ2n) is 8.38. The van der Waals surface area contributed by atoms with Gasteiger partial charge in [-0.25, -0.2) is 0 Å². The molecule has 152 valence electrons. The monoisotopic (exact) mass is 370 g/mol. The smallest absolute Gasteiger partial charge is 0.119 e. The highest BCUT2D eigenvalue weighted by Crippen LogP contribution is 2.39. The summed E-state index contributed by atoms with van der Waals surface area (Å²) < 4.78 is 5.82. The molecule has 1 aromatic carbocycles. The number of benzene rings is 1. The molecule has 0 saturated heterocycles. The van der Waals surface area contributed by atoms with E-state index in [-0.39, 0.29) is 0 Å². The minimum absolute atomic E-state index is 0.673. The molecule has 2 rings (SSSR count). The Hall–Kier alpha value is -1.24. The molecule has 0 bridgehead atoms. The van der Waals surface area contributed by atoms with E-state index in [1.54, 1.807) is 5.57 Å². The van der Waals surface area contributed by atoms with Gasteiger partial charge in [0.2, 0.25) is 0 Å². The molecule has 1 heteroatoms. The number of ether oxygens (including phenoxy) is 1. The van der Waals surface area contributed by atoms with Crippen LogP contribution in [0.25, 0.3) is 0 Å². The molecule has 0 saturated carbocycles. The first-order valence-corrected chi connectivity index (χ1v) is 11.7. The molecule has 2 unspecified atom stereocenters. The Morgan fingerprint density at radius 2 is 1.70 bits per heavy atom. The van der Waals surface area contributed by atoms with Gasteiger partial charge < -0.3 is 4.74 Å². The Morgan fingerprint density at radius 1 is 0.889 bits per heavy atom. The Kier molecular flexibility index (Phi) is 10.6. The van der Waals surface area contributed by atoms with Crippen molar-refractivity contribution in [2.75, 3.05) is 6.61 Å². The van der Waals surface area contributed by atoms with Crippen molar-refractivity contribution in [3.63, 3.8) is 0 Å². The lowest BCUT2D eigenvalue weighted by Gasteiger charge is -2.30. The maximum Gasteiger partial charge on any atom is 0.119 e. The number of unbranched alkanes of at least 4 members (excludes halogenated alkanes) is 2. The summed E-state index contributed by atoms with van der Waals surface area (Å²) in [5.41, 5.74) is 3.24. The van der Waals surface area contributed by atoms with E-state index in [4.69, 9.17) is 4.74 Å². The molecule has 0 spiro atoms. The van der Waals surface area contributed by atoms with Crippen molar-refractivity contribution in [1.82, 2.24) is 0 Å². The predicted octanol–water partition coefficient (Wildman–Crippen LogP) is 8.45. The molecule has 1 aliphatic carbocycles. The van der Waals surface area contributed by atoms with Crippen LogP contribution in [0, 0.1) is 5.92 Å². The van der Waals surface area contributed by atoms with Crippen LogP contribution in [0.4, 0.5) is 0 Å². The van der Waals surface area contributed by atoms with Crippen LogP contribution in [0.2, 0.25) is 0 Å². The van der Waals surface area contributed by atoms with E-state index >= 15 is 0 Å². The Labute approximate surface area is 168 Å². The summed E-state index contributed by atoms with van der Waals surface area (Å²) in [6.07, 6.45) is 18.4. The van der Waals surface area contributed by atoms with Gasteiger partial charge in [0.25, 0.3) is 0 Å². The van der Waals surface area contributed by atoms with Crippen molar-refractivity contribution >= 4 is 0 Å². The van der Waals surface area contributed by atoms with Crippen LogP contribution >= 0.6 is 0 Å². The molecule has 0 fully saturated rings. The fraction of sp³-hybridized carbons (Fsp3) is 0.692. The van der Waals surface area contributed by atoms with E-state index in [0.29, 0.717) is 5.92 Å². The topological polar surface area (TPSA) is 9.23 Å². The molecule has 1 aliphatic rings. The van der Waals surface area contributed by atoms with Crippen LogP contribution < -0.4 is 4.74 Å². The summed E-state index contributed by atoms with van der Waals surface area (Å²) >= 11 is 0. The molecule has 0 N–H and O–H groups in total. The largest absolute Gasteiger partial charge is 0.494 e. The molecule has 2 atom stereocenters. The summed E-state index contributed by atoms with van der Waals surface area (Å²) in [5.74, 6) is 2.51. The van der Waals surface area contributed by atoms with Gasteiger partial charge in [-0.3, -0.25) is 0 Å². The van der Waals surface area contributed by atoms with E-state index < -0.39 is 0 Å². The zero-order valence-electron chi connectivity index (χ0n) is 18.1. The van der Waals surface area contributed by atoms with Crippen LogP contribution in [0.1, 0.15) is 109 Å². The first-order valence-electron chi connectivity index (χ1n) is 11.7. The number of hydrogen-bond donors (Lipinski definition) is 0. The van der Waals surface area contributed by atoms with E-state index in [1.807, 2.05) is 0 Å². The maximum atomic E-state index is 5.82. The zero-order valence-corrected chi connectivity index (χ0v) is 18.1. The highest BCUT2D eigenvalue weighted by atomic mass is 16.5. The fourth-order valence-electron chi connectivity index (χ4n) is 4.53. The normalized spacial score (nSPS) is 16.6. The second kappa shape index (κ2) is 13.0. The average molecular weight is 371 g/mol. The Morgan fingerprint density at radius 3 is 2.33 bits per heavy atom. The molecule has 1 nitrogen and oxygen atoms in total. The standard InChI is InChI=1S/C26H42O/c1-4-7-9-15-23(12-5-2)26(21-22-13-10-8-11-14-22)24-16-18-25(19-17-24)27-20-6-3/h13,16-19,23,26H,4-12,14-15,20-21H2,1-3H3. The summed E-state index contributed by atoms with van der Waals surface area (Å²) in [4.78, 5) is 0. The minimum atomic E-state index is 0.673. The number of allylic oxidation sites excluding steroid dienone is 2. The highest BCUT2D eigenvalue weighted by molar-refractivity contribution is 5.31. The first-order chi connectivity index (χ1) is 13.3. The third kappa shape index (κ3) is 7.72. The van der Waals surface area contributed by atoms with E-state index in [0.717, 1.165) is 24.7 Å². The molecule has 0 amide bonds. The molecular formula is C26H42O. The van der Waals surface area contributed by atoms with E-state index in [9.17, 15) is 0 Å². The molecule has 0 aliphatic heterocycles. The second-order valence-corrected chi connectivity index (χ2v) is 8.38. The SMILES string of the molecule is CCCCCC(CCC)C(CC1=CCCCC1)c1ccc(OCCC)cc1. The van der Waals surface area contributed by atoms with Crippen molar-refractivity contribution in [3.8, 4) is 5.75 Å². The fourth-order valence-corrected chi connectivity index (χ4v) is 4.53. The first kappa shape index (κ1) is 22.1. The molecule has 0 heterocycles. The minimum Gasteiger partial charge on any atom is -0.494 e. The molecule has 1 aromatic rings. The summed E-state index contributed by atoms with van der Waals surface area (Å²) in [5, 5.41) is 0. The van der Waals surface area contributed by atoms with E-state index in [1.165, 1.54) is 76.2 Å². The predicted molar refractivity (Wildman–Crippen MR) is 119 cm³/mol. The zero-order chi connectivity index (χ0) is 19.3. The van der Waals surface area contributed by atoms with Gasteiger partial charge in [0.1, 0.15) is 5.75 Å². The van der Waals surface area contributed by atoms with Crippen LogP contribution in [0.5, 0.6) is 5.75 Å². The summed E-state index contributed by atoms with van der Waals surface area (Å²) in [7, 11) is 0. The molecule has 0 aromatic heterocycles. The van der Waals surface area contributed by atoms with Gasteiger partial charge in [-0.15, -0.1) is 0 Å². The van der Waals surface area contributed by atoms with Gasteiger partial charge >= 0.3 is 0 Å². The lowest BCUT2D eigenvalue weighted by molar-refractivity contribution is 0.316. The number of hydrogen-bond acceptors (Lipinski definition) is 1. The highest BCUT2D eigenvalue weighted by Gasteiger charge is 2.24. The van der Waals surface area contributed by atoms with Crippen molar-refractivity contribution < 1.29 is 4.74 Å². The number of rotatable bonds is 13. The van der Waals surface area contributed by atoms with Gasteiger partial charge in [0.05, 0.1) is 6.61 Å². The third-order valence-corrected chi connectivity index (χ3v) is 6.06. The van der Waals surface area contributed by atoms with Gasteiger partial charge in [-0.1, -0.05) is 76.7 Å². The van der Waals surface area contributed by atoms with Gasteiger partial charge in [-0.2, -0.15) is 0 Å². The van der Waals surface area contributed by atoms with Crippen molar-refractivity contribution in [1.29, 1.82) is 0 Å². The van der Waals surface area contributed by atoms with Crippen LogP contribution in [-0.2, 0) is 0 Å². The van der Waals surface area contributed by atoms with Crippen molar-refractivity contribution in [2.45, 2.75) is 104 Å². The summed E-state index contributed by atoms with van der Waals surface area (Å²) in [6.45, 7) is 7.64. The van der Waals surface area contributed by atoms with E-state index in [2.05, 4.69) is 51.1 Å². The van der Waals surface area contributed by atoms with Crippen molar-refractivity contribution in [2.24, 2.45) is 5.92 Å². The summed E-state index contributed by atoms with van der Waals surface area (Å²) in [6, 6.07) is 9.09. The molecule has 27 heavy (non-hydrogen) atoms. The average Bonchev–Trinajstić information content (AvgIpc) is 2.71. The molecule has 0 radical (unpaired) electrons. The van der Waals surface area contributed by atoms with Gasteiger partial charge in [0.15, 0.2) is 0 Å². The van der Waals surface area contributed by atoms with Crippen LogP contribution in [0.15, 0.2) is 35.9 Å². The molecular weight excluding hydrogens is 328 g/mol. The van der Waals surface area contributed by atoms with Crippen LogP contribution in [0.3, 0.4) is 0 Å². The third-order valence-electron chi connectivity index (χ3n) is 6.06. The van der Waals surface area contributed by atoms with Gasteiger partial charge in [0, 0.05) is 0 Å². The van der Waals surface area contributed by atoms with Crippen LogP contribution in [-0.4, -0.2) is 6.61 Å². The van der Waals surface area contributed by atoms with Crippen molar-refractivity contribution in [3.05, 3.63) is 41.5 Å². The van der Waals surface area contributed by atoms with Gasteiger partial charge in [-0.05, 0) is 74.5 Å². The Balaban J connectivity index is 2.16. The lowest BCUT2D eigenvalue weighted by Crippen LogP contribution is -2.15. The lowest BCUT2D eigenvalue weighted by atomic mass is 9.75. The Bertz CT molecular complexity index is 528. The quantitative estimate of drug-likeness (QED) is 0.250. The maximum absolute atomic E-state index is 5.82.